The van der Waals surface area contributed by atoms with Gasteiger partial charge in [0.1, 0.15) is 5.65 Å². The summed E-state index contributed by atoms with van der Waals surface area (Å²) in [5, 5.41) is 8.36. The lowest BCUT2D eigenvalue weighted by Gasteiger charge is -2.11. The molecule has 9 aromatic rings. The van der Waals surface area contributed by atoms with Crippen LogP contribution in [0.15, 0.2) is 137 Å². The van der Waals surface area contributed by atoms with E-state index in [1.165, 1.54) is 21.5 Å². The van der Waals surface area contributed by atoms with Crippen molar-refractivity contribution in [3.8, 4) is 22.3 Å². The van der Waals surface area contributed by atoms with Crippen molar-refractivity contribution in [3.63, 3.8) is 0 Å². The third-order valence-corrected chi connectivity index (χ3v) is 9.26. The Morgan fingerprint density at radius 3 is 1.98 bits per heavy atom. The number of pyridine rings is 1. The van der Waals surface area contributed by atoms with Crippen LogP contribution in [-0.2, 0) is 0 Å². The van der Waals surface area contributed by atoms with E-state index in [1.54, 1.807) is 0 Å². The molecular weight excluding hydrogens is 580 g/mol. The van der Waals surface area contributed by atoms with Gasteiger partial charge in [0.15, 0.2) is 0 Å². The van der Waals surface area contributed by atoms with Crippen LogP contribution in [0.1, 0.15) is 0 Å². The topological polar surface area (TPSA) is 34.4 Å². The Balaban J connectivity index is 1.44. The summed E-state index contributed by atoms with van der Waals surface area (Å²) in [6, 6.07) is 44.3. The van der Waals surface area contributed by atoms with Crippen molar-refractivity contribution in [2.75, 3.05) is 0 Å². The molecule has 7 aromatic carbocycles. The lowest BCUT2D eigenvalue weighted by molar-refractivity contribution is 1.19. The van der Waals surface area contributed by atoms with Crippen LogP contribution in [0.3, 0.4) is 0 Å². The number of rotatable bonds is 2. The van der Waals surface area contributed by atoms with Crippen LogP contribution in [0, 0.1) is 0 Å². The van der Waals surface area contributed by atoms with E-state index in [-0.39, 0.29) is 5.56 Å². The average Bonchev–Trinajstić information content (AvgIpc) is 3.43. The van der Waals surface area contributed by atoms with Gasteiger partial charge in [-0.15, -0.1) is 0 Å². The fraction of sp³-hybridized carbons (Fsp3) is 0. The molecule has 0 unspecified atom stereocenters. The van der Waals surface area contributed by atoms with E-state index < -0.39 is 0 Å². The fourth-order valence-electron chi connectivity index (χ4n) is 6.53. The maximum Gasteiger partial charge on any atom is 0.264 e. The second-order valence-electron chi connectivity index (χ2n) is 10.9. The van der Waals surface area contributed by atoms with Gasteiger partial charge in [-0.2, -0.15) is 0 Å². The van der Waals surface area contributed by atoms with Crippen molar-refractivity contribution < 1.29 is 0 Å². The van der Waals surface area contributed by atoms with Crippen LogP contribution in [0.4, 0.5) is 0 Å². The van der Waals surface area contributed by atoms with Gasteiger partial charge < -0.3 is 0 Å². The Morgan fingerprint density at radius 2 is 1.21 bits per heavy atom. The van der Waals surface area contributed by atoms with Gasteiger partial charge in [0.2, 0.25) is 0 Å². The van der Waals surface area contributed by atoms with E-state index in [9.17, 15) is 4.79 Å². The van der Waals surface area contributed by atoms with Crippen LogP contribution >= 0.6 is 15.9 Å². The van der Waals surface area contributed by atoms with E-state index in [2.05, 4.69) is 125 Å². The molecule has 0 amide bonds. The monoisotopic (exact) mass is 600 g/mol. The number of aromatic nitrogens is 2. The summed E-state index contributed by atoms with van der Waals surface area (Å²) in [5.74, 6) is 0. The number of hydrogen-bond acceptors (Lipinski definition) is 2. The maximum atomic E-state index is 14.2. The maximum absolute atomic E-state index is 14.2. The molecule has 0 fully saturated rings. The van der Waals surface area contributed by atoms with Crippen LogP contribution < -0.4 is 5.56 Å². The highest BCUT2D eigenvalue weighted by atomic mass is 79.9. The Morgan fingerprint density at radius 1 is 0.548 bits per heavy atom. The molecule has 0 saturated heterocycles. The standard InChI is InChI=1S/C38H21BrN2O/c39-33-17-16-31-35-29(33)10-5-11-30(35)37-40-36-32(27-15-13-23-7-2-4-9-25(23)19-27)20-28(21-34(36)41(37)38(31)42)26-14-12-22-6-1-3-8-24(22)18-26/h1-21H. The quantitative estimate of drug-likeness (QED) is 0.198. The highest BCUT2D eigenvalue weighted by Crippen LogP contribution is 2.39. The predicted molar refractivity (Wildman–Crippen MR) is 179 cm³/mol. The summed E-state index contributed by atoms with van der Waals surface area (Å²) in [7, 11) is 0. The smallest absolute Gasteiger partial charge is 0.264 e. The summed E-state index contributed by atoms with van der Waals surface area (Å²) < 4.78 is 2.78. The van der Waals surface area contributed by atoms with Gasteiger partial charge >= 0.3 is 0 Å². The first-order valence-electron chi connectivity index (χ1n) is 14.0. The first-order valence-corrected chi connectivity index (χ1v) is 14.7. The fourth-order valence-corrected chi connectivity index (χ4v) is 6.99. The third kappa shape index (κ3) is 3.33. The second-order valence-corrected chi connectivity index (χ2v) is 11.8. The molecule has 0 saturated carbocycles. The van der Waals surface area contributed by atoms with E-state index in [4.69, 9.17) is 4.98 Å². The van der Waals surface area contributed by atoms with Gasteiger partial charge in [0.05, 0.1) is 11.0 Å². The number of nitrogens with zero attached hydrogens (tertiary/aromatic N) is 2. The molecule has 196 valence electrons. The van der Waals surface area contributed by atoms with E-state index in [0.29, 0.717) is 11.0 Å². The SMILES string of the molecule is O=c1c2ccc(Br)c3cccc(c32)c2nc3c(-c4ccc5ccccc5c4)cc(-c4ccc5ccccc5c4)cc3n12. The molecule has 4 heteroatoms. The molecule has 2 heterocycles. The number of benzene rings is 7. The molecule has 3 nitrogen and oxygen atoms in total. The third-order valence-electron chi connectivity index (χ3n) is 8.57. The number of imidazole rings is 1. The normalized spacial score (nSPS) is 12.0. The number of hydrogen-bond donors (Lipinski definition) is 0. The zero-order chi connectivity index (χ0) is 27.9. The van der Waals surface area contributed by atoms with Crippen LogP contribution in [0.25, 0.3) is 82.0 Å². The summed E-state index contributed by atoms with van der Waals surface area (Å²) in [6.45, 7) is 0. The van der Waals surface area contributed by atoms with Crippen molar-refractivity contribution in [2.24, 2.45) is 0 Å². The van der Waals surface area contributed by atoms with E-state index in [1.807, 2.05) is 22.6 Å². The number of fused-ring (bicyclic) bond motifs is 6. The van der Waals surface area contributed by atoms with Gasteiger partial charge in [0.25, 0.3) is 5.56 Å². The lowest BCUT2D eigenvalue weighted by atomic mass is 9.95. The second kappa shape index (κ2) is 8.72. The minimum Gasteiger partial charge on any atom is -0.268 e. The molecular formula is C38H21BrN2O. The van der Waals surface area contributed by atoms with Crippen LogP contribution in [0.2, 0.25) is 0 Å². The zero-order valence-electron chi connectivity index (χ0n) is 22.3. The minimum absolute atomic E-state index is 0.0520. The Bertz CT molecular complexity index is 2620. The summed E-state index contributed by atoms with van der Waals surface area (Å²) in [5.41, 5.74) is 6.50. The largest absolute Gasteiger partial charge is 0.268 e. The van der Waals surface area contributed by atoms with Gasteiger partial charge in [-0.05, 0) is 80.0 Å². The van der Waals surface area contributed by atoms with Crippen molar-refractivity contribution in [1.29, 1.82) is 0 Å². The van der Waals surface area contributed by atoms with E-state index in [0.717, 1.165) is 53.9 Å². The van der Waals surface area contributed by atoms with Crippen LogP contribution in [-0.4, -0.2) is 9.38 Å². The molecule has 42 heavy (non-hydrogen) atoms. The van der Waals surface area contributed by atoms with Crippen molar-refractivity contribution in [3.05, 3.63) is 142 Å². The summed E-state index contributed by atoms with van der Waals surface area (Å²) in [6.07, 6.45) is 0. The summed E-state index contributed by atoms with van der Waals surface area (Å²) in [4.78, 5) is 19.5. The lowest BCUT2D eigenvalue weighted by Crippen LogP contribution is -2.13. The molecule has 0 aliphatic heterocycles. The minimum atomic E-state index is -0.0520. The highest BCUT2D eigenvalue weighted by Gasteiger charge is 2.20. The Kier molecular flexibility index (Phi) is 4.90. The van der Waals surface area contributed by atoms with Gasteiger partial charge in [-0.3, -0.25) is 9.20 Å². The first kappa shape index (κ1) is 23.6. The predicted octanol–water partition coefficient (Wildman–Crippen LogP) is 9.99. The Hall–Kier alpha value is -5.06. The molecule has 0 atom stereocenters. The van der Waals surface area contributed by atoms with Crippen molar-refractivity contribution >= 4 is 75.7 Å². The molecule has 2 aromatic heterocycles. The number of halogens is 1. The van der Waals surface area contributed by atoms with Crippen molar-refractivity contribution in [2.45, 2.75) is 0 Å². The van der Waals surface area contributed by atoms with E-state index >= 15 is 0 Å². The van der Waals surface area contributed by atoms with Crippen molar-refractivity contribution in [1.82, 2.24) is 9.38 Å². The van der Waals surface area contributed by atoms with Gasteiger partial charge in [0, 0.05) is 26.2 Å². The molecule has 0 radical (unpaired) electrons. The highest BCUT2D eigenvalue weighted by molar-refractivity contribution is 9.10. The first-order chi connectivity index (χ1) is 20.6. The zero-order valence-corrected chi connectivity index (χ0v) is 23.9. The molecule has 0 spiro atoms. The van der Waals surface area contributed by atoms with Crippen LogP contribution in [0.5, 0.6) is 0 Å². The Labute approximate surface area is 248 Å². The molecule has 0 aliphatic carbocycles. The molecule has 0 aliphatic rings. The molecule has 0 N–H and O–H groups in total. The molecule has 0 bridgehead atoms. The average molecular weight is 602 g/mol. The molecule has 9 rings (SSSR count). The van der Waals surface area contributed by atoms with Gasteiger partial charge in [-0.25, -0.2) is 4.98 Å². The van der Waals surface area contributed by atoms with Gasteiger partial charge in [-0.1, -0.05) is 107 Å². The summed E-state index contributed by atoms with van der Waals surface area (Å²) >= 11 is 3.69.